The molecule has 1 unspecified atom stereocenters. The Morgan fingerprint density at radius 3 is 3.00 bits per heavy atom. The van der Waals surface area contributed by atoms with Gasteiger partial charge in [0.05, 0.1) is 19.0 Å². The summed E-state index contributed by atoms with van der Waals surface area (Å²) in [7, 11) is 0. The van der Waals surface area contributed by atoms with E-state index >= 15 is 0 Å². The van der Waals surface area contributed by atoms with Gasteiger partial charge in [0.2, 0.25) is 0 Å². The summed E-state index contributed by atoms with van der Waals surface area (Å²) in [6.07, 6.45) is 4.06. The summed E-state index contributed by atoms with van der Waals surface area (Å²) in [4.78, 5) is 11.0. The lowest BCUT2D eigenvalue weighted by molar-refractivity contribution is -0.133. The van der Waals surface area contributed by atoms with Crippen LogP contribution in [0.25, 0.3) is 0 Å². The molecule has 1 saturated heterocycles. The molecule has 0 spiro atoms. The quantitative estimate of drug-likeness (QED) is 0.276. The number of carbonyl (C=O) groups excluding carboxylic acids is 1. The molecule has 0 saturated carbocycles. The zero-order chi connectivity index (χ0) is 8.97. The predicted molar refractivity (Wildman–Crippen MR) is 44.4 cm³/mol. The number of rotatable bonds is 4. The maximum Gasteiger partial charge on any atom is 0.338 e. The number of hydrogen-bond donors (Lipinski definition) is 0. The number of carbonyl (C=O) groups is 1. The van der Waals surface area contributed by atoms with Crippen LogP contribution in [0, 0.1) is 0 Å². The molecule has 0 bridgehead atoms. The summed E-state index contributed by atoms with van der Waals surface area (Å²) in [6, 6.07) is 0. The monoisotopic (exact) mass is 168 g/mol. The fourth-order valence-electron chi connectivity index (χ4n) is 0.764. The lowest BCUT2D eigenvalue weighted by Crippen LogP contribution is -2.00. The van der Waals surface area contributed by atoms with Crippen molar-refractivity contribution in [2.75, 3.05) is 6.61 Å². The Labute approximate surface area is 71.7 Å². The Kier molecular flexibility index (Phi) is 3.05. The van der Waals surface area contributed by atoms with Gasteiger partial charge < -0.3 is 9.47 Å². The van der Waals surface area contributed by atoms with Crippen LogP contribution >= 0.6 is 0 Å². The highest BCUT2D eigenvalue weighted by atomic mass is 16.6. The summed E-state index contributed by atoms with van der Waals surface area (Å²) in [5, 5.41) is 0. The van der Waals surface area contributed by atoms with Crippen LogP contribution in [0.5, 0.6) is 0 Å². The topological polar surface area (TPSA) is 38.8 Å². The van der Waals surface area contributed by atoms with Gasteiger partial charge in [0.15, 0.2) is 0 Å². The van der Waals surface area contributed by atoms with E-state index in [1.807, 2.05) is 6.08 Å². The van der Waals surface area contributed by atoms with E-state index in [0.29, 0.717) is 11.7 Å². The predicted octanol–water partition coefficient (Wildman–Crippen LogP) is 1.41. The first-order valence-electron chi connectivity index (χ1n) is 3.84. The SMILES string of the molecule is C=COC(=O)C(C)=CCC1CO1. The van der Waals surface area contributed by atoms with Crippen molar-refractivity contribution in [3.05, 3.63) is 24.5 Å². The largest absolute Gasteiger partial charge is 0.432 e. The Bertz CT molecular complexity index is 214. The highest BCUT2D eigenvalue weighted by molar-refractivity contribution is 5.88. The number of hydrogen-bond acceptors (Lipinski definition) is 3. The smallest absolute Gasteiger partial charge is 0.338 e. The Balaban J connectivity index is 2.32. The minimum atomic E-state index is -0.342. The summed E-state index contributed by atoms with van der Waals surface area (Å²) in [6.45, 7) is 5.82. The van der Waals surface area contributed by atoms with Crippen molar-refractivity contribution in [3.8, 4) is 0 Å². The first-order valence-corrected chi connectivity index (χ1v) is 3.84. The van der Waals surface area contributed by atoms with E-state index in [1.54, 1.807) is 6.92 Å². The van der Waals surface area contributed by atoms with Gasteiger partial charge in [-0.05, 0) is 13.3 Å². The van der Waals surface area contributed by atoms with E-state index < -0.39 is 0 Å². The van der Waals surface area contributed by atoms with E-state index in [4.69, 9.17) is 4.74 Å². The molecule has 1 aliphatic heterocycles. The van der Waals surface area contributed by atoms with Crippen LogP contribution in [0.2, 0.25) is 0 Å². The first kappa shape index (κ1) is 9.00. The number of ether oxygens (including phenoxy) is 2. The normalized spacial score (nSPS) is 21.8. The third-order valence-electron chi connectivity index (χ3n) is 1.60. The molecule has 66 valence electrons. The van der Waals surface area contributed by atoms with Crippen molar-refractivity contribution < 1.29 is 14.3 Å². The Morgan fingerprint density at radius 2 is 2.50 bits per heavy atom. The molecule has 1 heterocycles. The van der Waals surface area contributed by atoms with Gasteiger partial charge in [-0.25, -0.2) is 4.79 Å². The van der Waals surface area contributed by atoms with Crippen LogP contribution in [-0.2, 0) is 14.3 Å². The van der Waals surface area contributed by atoms with Crippen molar-refractivity contribution in [1.29, 1.82) is 0 Å². The lowest BCUT2D eigenvalue weighted by Gasteiger charge is -1.97. The fourth-order valence-corrected chi connectivity index (χ4v) is 0.764. The van der Waals surface area contributed by atoms with E-state index in [9.17, 15) is 4.79 Å². The summed E-state index contributed by atoms with van der Waals surface area (Å²) < 4.78 is 9.55. The fraction of sp³-hybridized carbons (Fsp3) is 0.444. The van der Waals surface area contributed by atoms with E-state index in [2.05, 4.69) is 11.3 Å². The van der Waals surface area contributed by atoms with Crippen molar-refractivity contribution in [2.45, 2.75) is 19.4 Å². The average Bonchev–Trinajstić information content (AvgIpc) is 2.83. The highest BCUT2D eigenvalue weighted by Gasteiger charge is 2.20. The highest BCUT2D eigenvalue weighted by Crippen LogP contribution is 2.15. The minimum absolute atomic E-state index is 0.316. The average molecular weight is 168 g/mol. The lowest BCUT2D eigenvalue weighted by atomic mass is 10.2. The van der Waals surface area contributed by atoms with Crippen molar-refractivity contribution >= 4 is 5.97 Å². The van der Waals surface area contributed by atoms with Crippen LogP contribution in [-0.4, -0.2) is 18.7 Å². The zero-order valence-electron chi connectivity index (χ0n) is 7.08. The molecular formula is C9H12O3. The summed E-state index contributed by atoms with van der Waals surface area (Å²) in [5.41, 5.74) is 0.602. The van der Waals surface area contributed by atoms with Gasteiger partial charge in [-0.1, -0.05) is 12.7 Å². The standard InChI is InChI=1S/C9H12O3/c1-3-11-9(10)7(2)4-5-8-6-12-8/h3-4,8H,1,5-6H2,2H3. The molecule has 12 heavy (non-hydrogen) atoms. The summed E-state index contributed by atoms with van der Waals surface area (Å²) in [5.74, 6) is -0.342. The van der Waals surface area contributed by atoms with Crippen LogP contribution < -0.4 is 0 Å². The minimum Gasteiger partial charge on any atom is -0.432 e. The molecule has 1 rings (SSSR count). The van der Waals surface area contributed by atoms with E-state index in [0.717, 1.165) is 19.3 Å². The van der Waals surface area contributed by atoms with Crippen molar-refractivity contribution in [1.82, 2.24) is 0 Å². The second-order valence-electron chi connectivity index (χ2n) is 2.65. The third-order valence-corrected chi connectivity index (χ3v) is 1.60. The van der Waals surface area contributed by atoms with Crippen LogP contribution in [0.4, 0.5) is 0 Å². The van der Waals surface area contributed by atoms with Crippen molar-refractivity contribution in [3.63, 3.8) is 0 Å². The van der Waals surface area contributed by atoms with Gasteiger partial charge in [-0.15, -0.1) is 0 Å². The van der Waals surface area contributed by atoms with Gasteiger partial charge in [0.1, 0.15) is 0 Å². The molecule has 0 aromatic heterocycles. The molecule has 1 aliphatic rings. The van der Waals surface area contributed by atoms with Gasteiger partial charge in [0, 0.05) is 5.57 Å². The van der Waals surface area contributed by atoms with Crippen LogP contribution in [0.1, 0.15) is 13.3 Å². The van der Waals surface area contributed by atoms with Gasteiger partial charge in [-0.2, -0.15) is 0 Å². The van der Waals surface area contributed by atoms with Gasteiger partial charge in [-0.3, -0.25) is 0 Å². The molecule has 0 radical (unpaired) electrons. The van der Waals surface area contributed by atoms with E-state index in [1.165, 1.54) is 0 Å². The second-order valence-corrected chi connectivity index (χ2v) is 2.65. The zero-order valence-corrected chi connectivity index (χ0v) is 7.08. The maximum absolute atomic E-state index is 11.0. The molecule has 0 aromatic carbocycles. The Hall–Kier alpha value is -1.09. The molecule has 0 aliphatic carbocycles. The molecule has 0 amide bonds. The molecular weight excluding hydrogens is 156 g/mol. The molecule has 3 nitrogen and oxygen atoms in total. The molecule has 0 N–H and O–H groups in total. The molecule has 0 aromatic rings. The summed E-state index contributed by atoms with van der Waals surface area (Å²) >= 11 is 0. The first-order chi connectivity index (χ1) is 5.74. The number of esters is 1. The van der Waals surface area contributed by atoms with Gasteiger partial charge >= 0.3 is 5.97 Å². The molecule has 1 fully saturated rings. The Morgan fingerprint density at radius 1 is 1.83 bits per heavy atom. The maximum atomic E-state index is 11.0. The molecule has 1 atom stereocenters. The number of epoxide rings is 1. The van der Waals surface area contributed by atoms with Gasteiger partial charge in [0.25, 0.3) is 0 Å². The second kappa shape index (κ2) is 4.07. The molecule has 3 heteroatoms. The third kappa shape index (κ3) is 2.88. The van der Waals surface area contributed by atoms with Crippen LogP contribution in [0.15, 0.2) is 24.5 Å². The van der Waals surface area contributed by atoms with Crippen LogP contribution in [0.3, 0.4) is 0 Å². The van der Waals surface area contributed by atoms with Crippen molar-refractivity contribution in [2.24, 2.45) is 0 Å². The van der Waals surface area contributed by atoms with E-state index in [-0.39, 0.29) is 5.97 Å².